The number of anilines is 1. The van der Waals surface area contributed by atoms with Crippen molar-refractivity contribution in [2.45, 2.75) is 6.42 Å². The molecule has 2 N–H and O–H groups in total. The average molecular weight is 401 g/mol. The lowest BCUT2D eigenvalue weighted by atomic mass is 10.2. The number of nitrogens with zero attached hydrogens (tertiary/aromatic N) is 2. The maximum Gasteiger partial charge on any atom is 0.252 e. The summed E-state index contributed by atoms with van der Waals surface area (Å²) in [7, 11) is 0. The van der Waals surface area contributed by atoms with Crippen molar-refractivity contribution >= 4 is 34.7 Å². The van der Waals surface area contributed by atoms with Crippen molar-refractivity contribution in [1.82, 2.24) is 15.5 Å². The van der Waals surface area contributed by atoms with Crippen LogP contribution >= 0.6 is 11.3 Å². The van der Waals surface area contributed by atoms with Gasteiger partial charge in [-0.1, -0.05) is 18.2 Å². The van der Waals surface area contributed by atoms with E-state index in [1.54, 1.807) is 16.3 Å². The van der Waals surface area contributed by atoms with E-state index in [1.807, 2.05) is 23.6 Å². The highest BCUT2D eigenvalue weighted by atomic mass is 32.1. The minimum absolute atomic E-state index is 0.0113. The van der Waals surface area contributed by atoms with Gasteiger partial charge in [0.2, 0.25) is 11.8 Å². The molecule has 7 nitrogen and oxygen atoms in total. The second kappa shape index (κ2) is 9.89. The van der Waals surface area contributed by atoms with E-state index in [4.69, 9.17) is 0 Å². The summed E-state index contributed by atoms with van der Waals surface area (Å²) in [5.74, 6) is -0.522. The zero-order chi connectivity index (χ0) is 19.8. The van der Waals surface area contributed by atoms with Crippen molar-refractivity contribution in [2.75, 3.05) is 44.2 Å². The minimum atomic E-state index is -0.248. The highest BCUT2D eigenvalue weighted by Gasteiger charge is 2.21. The fourth-order valence-corrected chi connectivity index (χ4v) is 3.65. The lowest BCUT2D eigenvalue weighted by Gasteiger charge is -2.36. The fourth-order valence-electron chi connectivity index (χ4n) is 3.01. The molecule has 0 radical (unpaired) electrons. The smallest absolute Gasteiger partial charge is 0.252 e. The maximum atomic E-state index is 12.3. The van der Waals surface area contributed by atoms with Gasteiger partial charge in [-0.3, -0.25) is 14.4 Å². The van der Waals surface area contributed by atoms with Crippen molar-refractivity contribution in [3.63, 3.8) is 0 Å². The lowest BCUT2D eigenvalue weighted by Crippen LogP contribution is -2.51. The fraction of sp³-hybridized carbons (Fsp3) is 0.350. The molecular weight excluding hydrogens is 376 g/mol. The molecular formula is C20H24N4O3S. The topological polar surface area (TPSA) is 81.8 Å². The van der Waals surface area contributed by atoms with Gasteiger partial charge in [0, 0.05) is 55.8 Å². The van der Waals surface area contributed by atoms with Crippen LogP contribution in [0.1, 0.15) is 16.8 Å². The second-order valence-corrected chi connectivity index (χ2v) is 7.28. The zero-order valence-electron chi connectivity index (χ0n) is 15.6. The van der Waals surface area contributed by atoms with E-state index in [1.165, 1.54) is 11.3 Å². The SMILES string of the molecule is O=C(CCNC(=O)c1ccsc1)NCC(=O)N1CCN(c2ccccc2)CC1. The number of carbonyl (C=O) groups is 3. The van der Waals surface area contributed by atoms with Crippen molar-refractivity contribution in [3.8, 4) is 0 Å². The highest BCUT2D eigenvalue weighted by Crippen LogP contribution is 2.15. The van der Waals surface area contributed by atoms with Crippen LogP contribution in [0.2, 0.25) is 0 Å². The Hall–Kier alpha value is -2.87. The van der Waals surface area contributed by atoms with E-state index in [0.29, 0.717) is 18.7 Å². The van der Waals surface area contributed by atoms with Crippen LogP contribution in [0.3, 0.4) is 0 Å². The van der Waals surface area contributed by atoms with Gasteiger partial charge < -0.3 is 20.4 Å². The van der Waals surface area contributed by atoms with Crippen LogP contribution in [0, 0.1) is 0 Å². The number of hydrogen-bond donors (Lipinski definition) is 2. The molecule has 3 rings (SSSR count). The summed E-state index contributed by atoms with van der Waals surface area (Å²) in [6.45, 7) is 3.06. The standard InChI is InChI=1S/C20H24N4O3S/c25-18(6-8-21-20(27)16-7-13-28-15-16)22-14-19(26)24-11-9-23(10-12-24)17-4-2-1-3-5-17/h1-5,7,13,15H,6,8-12,14H2,(H,21,27)(H,22,25). The lowest BCUT2D eigenvalue weighted by molar-refractivity contribution is -0.133. The number of piperazine rings is 1. The van der Waals surface area contributed by atoms with Crippen LogP contribution in [0.4, 0.5) is 5.69 Å². The van der Waals surface area contributed by atoms with Gasteiger partial charge >= 0.3 is 0 Å². The van der Waals surface area contributed by atoms with E-state index >= 15 is 0 Å². The molecule has 1 aliphatic rings. The quantitative estimate of drug-likeness (QED) is 0.735. The minimum Gasteiger partial charge on any atom is -0.368 e. The highest BCUT2D eigenvalue weighted by molar-refractivity contribution is 7.08. The summed E-state index contributed by atoms with van der Waals surface area (Å²) < 4.78 is 0. The predicted molar refractivity (Wildman–Crippen MR) is 110 cm³/mol. The molecule has 8 heteroatoms. The van der Waals surface area contributed by atoms with Crippen LogP contribution in [0.15, 0.2) is 47.2 Å². The van der Waals surface area contributed by atoms with Crippen LogP contribution < -0.4 is 15.5 Å². The van der Waals surface area contributed by atoms with Crippen molar-refractivity contribution in [1.29, 1.82) is 0 Å². The Kier molecular flexibility index (Phi) is 7.02. The molecule has 2 aromatic rings. The Morgan fingerprint density at radius 1 is 0.964 bits per heavy atom. The molecule has 148 valence electrons. The van der Waals surface area contributed by atoms with E-state index < -0.39 is 0 Å². The molecule has 1 fully saturated rings. The molecule has 0 saturated carbocycles. The first-order valence-corrected chi connectivity index (χ1v) is 10.2. The van der Waals surface area contributed by atoms with Gasteiger partial charge in [-0.2, -0.15) is 11.3 Å². The number of thiophene rings is 1. The normalized spacial score (nSPS) is 13.9. The third-order valence-electron chi connectivity index (χ3n) is 4.61. The van der Waals surface area contributed by atoms with Crippen LogP contribution in [0.25, 0.3) is 0 Å². The molecule has 0 spiro atoms. The summed E-state index contributed by atoms with van der Waals surface area (Å²) in [5, 5.41) is 8.91. The number of para-hydroxylation sites is 1. The molecule has 2 heterocycles. The number of nitrogens with one attached hydrogen (secondary N) is 2. The summed E-state index contributed by atoms with van der Waals surface area (Å²) in [4.78, 5) is 40.0. The van der Waals surface area contributed by atoms with Crippen LogP contribution in [-0.2, 0) is 9.59 Å². The number of rotatable bonds is 7. The zero-order valence-corrected chi connectivity index (χ0v) is 16.4. The first-order chi connectivity index (χ1) is 13.6. The molecule has 0 unspecified atom stereocenters. The Balaban J connectivity index is 1.32. The summed E-state index contributed by atoms with van der Waals surface area (Å²) in [6, 6.07) is 11.9. The van der Waals surface area contributed by atoms with Crippen molar-refractivity contribution in [2.24, 2.45) is 0 Å². The van der Waals surface area contributed by atoms with E-state index in [2.05, 4.69) is 27.7 Å². The summed E-state index contributed by atoms with van der Waals surface area (Å²) in [5.41, 5.74) is 1.75. The number of carbonyl (C=O) groups excluding carboxylic acids is 3. The van der Waals surface area contributed by atoms with Gasteiger partial charge in [0.15, 0.2) is 0 Å². The van der Waals surface area contributed by atoms with Gasteiger partial charge in [0.25, 0.3) is 5.91 Å². The summed E-state index contributed by atoms with van der Waals surface area (Å²) in [6.07, 6.45) is 0.144. The van der Waals surface area contributed by atoms with E-state index in [-0.39, 0.29) is 37.2 Å². The summed E-state index contributed by atoms with van der Waals surface area (Å²) >= 11 is 1.45. The largest absolute Gasteiger partial charge is 0.368 e. The molecule has 1 saturated heterocycles. The maximum absolute atomic E-state index is 12.3. The van der Waals surface area contributed by atoms with Gasteiger partial charge in [-0.15, -0.1) is 0 Å². The monoisotopic (exact) mass is 400 g/mol. The number of benzene rings is 1. The molecule has 1 aliphatic heterocycles. The van der Waals surface area contributed by atoms with Crippen molar-refractivity contribution in [3.05, 3.63) is 52.7 Å². The molecule has 28 heavy (non-hydrogen) atoms. The third-order valence-corrected chi connectivity index (χ3v) is 5.29. The third kappa shape index (κ3) is 5.56. The van der Waals surface area contributed by atoms with E-state index in [9.17, 15) is 14.4 Å². The second-order valence-electron chi connectivity index (χ2n) is 6.50. The Morgan fingerprint density at radius 3 is 2.39 bits per heavy atom. The van der Waals surface area contributed by atoms with Gasteiger partial charge in [0.1, 0.15) is 0 Å². The average Bonchev–Trinajstić information content (AvgIpc) is 3.28. The molecule has 0 aliphatic carbocycles. The Morgan fingerprint density at radius 2 is 1.71 bits per heavy atom. The molecule has 1 aromatic heterocycles. The van der Waals surface area contributed by atoms with Gasteiger partial charge in [-0.25, -0.2) is 0 Å². The van der Waals surface area contributed by atoms with Crippen LogP contribution in [-0.4, -0.2) is 61.9 Å². The Labute approximate surface area is 168 Å². The van der Waals surface area contributed by atoms with Crippen LogP contribution in [0.5, 0.6) is 0 Å². The predicted octanol–water partition coefficient (Wildman–Crippen LogP) is 1.33. The molecule has 0 atom stereocenters. The molecule has 0 bridgehead atoms. The molecule has 3 amide bonds. The van der Waals surface area contributed by atoms with Gasteiger partial charge in [-0.05, 0) is 23.6 Å². The number of hydrogen-bond acceptors (Lipinski definition) is 5. The molecule has 1 aromatic carbocycles. The first-order valence-electron chi connectivity index (χ1n) is 9.28. The van der Waals surface area contributed by atoms with Gasteiger partial charge in [0.05, 0.1) is 6.54 Å². The van der Waals surface area contributed by atoms with E-state index in [0.717, 1.165) is 18.8 Å². The number of amides is 3. The Bertz CT molecular complexity index is 787. The first kappa shape index (κ1) is 19.9. The van der Waals surface area contributed by atoms with Crippen molar-refractivity contribution < 1.29 is 14.4 Å².